The van der Waals surface area contributed by atoms with Crippen molar-refractivity contribution < 1.29 is 13.2 Å². The van der Waals surface area contributed by atoms with E-state index in [2.05, 4.69) is 13.0 Å². The molecule has 0 aliphatic heterocycles. The molecule has 0 amide bonds. The Morgan fingerprint density at radius 2 is 1.52 bits per heavy atom. The highest BCUT2D eigenvalue weighted by Crippen LogP contribution is 2.40. The lowest BCUT2D eigenvalue weighted by molar-refractivity contribution is 0.304. The van der Waals surface area contributed by atoms with Gasteiger partial charge in [0.2, 0.25) is 0 Å². The fourth-order valence-electron chi connectivity index (χ4n) is 5.42. The Balaban J connectivity index is 1.44. The van der Waals surface area contributed by atoms with Crippen LogP contribution in [-0.2, 0) is 12.8 Å². The van der Waals surface area contributed by atoms with Crippen molar-refractivity contribution in [2.75, 3.05) is 0 Å². The van der Waals surface area contributed by atoms with Crippen molar-refractivity contribution in [3.8, 4) is 0 Å². The summed E-state index contributed by atoms with van der Waals surface area (Å²) in [5.41, 5.74) is 3.52. The number of aryl methyl sites for hydroxylation is 1. The maximum absolute atomic E-state index is 15.0. The van der Waals surface area contributed by atoms with Gasteiger partial charge in [0.25, 0.3) is 0 Å². The molecule has 2 aromatic carbocycles. The predicted octanol–water partition coefficient (Wildman–Crippen LogP) is 7.84. The molecule has 0 N–H and O–H groups in total. The van der Waals surface area contributed by atoms with Crippen molar-refractivity contribution in [1.29, 1.82) is 0 Å². The van der Waals surface area contributed by atoms with Gasteiger partial charge in [-0.3, -0.25) is 0 Å². The Hall–Kier alpha value is -1.77. The van der Waals surface area contributed by atoms with Crippen LogP contribution in [0.2, 0.25) is 0 Å². The van der Waals surface area contributed by atoms with Crippen LogP contribution in [0.5, 0.6) is 0 Å². The fraction of sp³-hybridized carbons (Fsp3) is 0.538. The van der Waals surface area contributed by atoms with Gasteiger partial charge >= 0.3 is 0 Å². The lowest BCUT2D eigenvalue weighted by Gasteiger charge is -2.30. The Labute approximate surface area is 172 Å². The number of unbranched alkanes of at least 4 members (excludes halogenated alkanes) is 1. The first-order valence-corrected chi connectivity index (χ1v) is 11.3. The summed E-state index contributed by atoms with van der Waals surface area (Å²) in [6.45, 7) is 2.25. The summed E-state index contributed by atoms with van der Waals surface area (Å²) in [6, 6.07) is 8.39. The molecular weight excluding hydrogens is 369 g/mol. The highest BCUT2D eigenvalue weighted by molar-refractivity contribution is 5.37. The third kappa shape index (κ3) is 4.54. The molecule has 2 aliphatic carbocycles. The SMILES string of the molecule is CCCCC1CCC(c2ccc(C3CCc4cc(F)c(F)cc4C3)c(F)c2)CC1. The van der Waals surface area contributed by atoms with Gasteiger partial charge < -0.3 is 0 Å². The summed E-state index contributed by atoms with van der Waals surface area (Å²) < 4.78 is 42.1. The molecule has 0 bridgehead atoms. The van der Waals surface area contributed by atoms with E-state index < -0.39 is 11.6 Å². The zero-order chi connectivity index (χ0) is 20.4. The monoisotopic (exact) mass is 400 g/mol. The Morgan fingerprint density at radius 3 is 2.21 bits per heavy atom. The molecule has 3 heteroatoms. The van der Waals surface area contributed by atoms with Gasteiger partial charge in [-0.2, -0.15) is 0 Å². The topological polar surface area (TPSA) is 0 Å². The highest BCUT2D eigenvalue weighted by atomic mass is 19.2. The van der Waals surface area contributed by atoms with Crippen LogP contribution in [-0.4, -0.2) is 0 Å². The van der Waals surface area contributed by atoms with E-state index in [1.807, 2.05) is 6.07 Å². The summed E-state index contributed by atoms with van der Waals surface area (Å²) in [6.07, 6.45) is 10.8. The number of hydrogen-bond acceptors (Lipinski definition) is 0. The van der Waals surface area contributed by atoms with Crippen molar-refractivity contribution in [3.63, 3.8) is 0 Å². The quantitative estimate of drug-likeness (QED) is 0.479. The van der Waals surface area contributed by atoms with Crippen LogP contribution in [0.25, 0.3) is 0 Å². The summed E-state index contributed by atoms with van der Waals surface area (Å²) in [5, 5.41) is 0. The first-order chi connectivity index (χ1) is 14.0. The van der Waals surface area contributed by atoms with Crippen molar-refractivity contribution in [2.24, 2.45) is 5.92 Å². The molecule has 0 aromatic heterocycles. The number of fused-ring (bicyclic) bond motifs is 1. The molecule has 29 heavy (non-hydrogen) atoms. The van der Waals surface area contributed by atoms with Gasteiger partial charge in [-0.1, -0.05) is 38.3 Å². The zero-order valence-corrected chi connectivity index (χ0v) is 17.3. The lowest BCUT2D eigenvalue weighted by atomic mass is 9.76. The molecule has 1 saturated carbocycles. The van der Waals surface area contributed by atoms with Gasteiger partial charge in [-0.15, -0.1) is 0 Å². The van der Waals surface area contributed by atoms with Crippen LogP contribution in [0, 0.1) is 23.4 Å². The van der Waals surface area contributed by atoms with Crippen LogP contribution >= 0.6 is 0 Å². The van der Waals surface area contributed by atoms with Crippen molar-refractivity contribution >= 4 is 0 Å². The molecule has 0 radical (unpaired) electrons. The third-order valence-electron chi connectivity index (χ3n) is 7.22. The molecule has 2 aliphatic rings. The van der Waals surface area contributed by atoms with Crippen LogP contribution in [0.1, 0.15) is 92.4 Å². The summed E-state index contributed by atoms with van der Waals surface area (Å²) in [7, 11) is 0. The minimum Gasteiger partial charge on any atom is -0.207 e. The normalized spacial score (nSPS) is 24.3. The molecule has 0 spiro atoms. The van der Waals surface area contributed by atoms with Gasteiger partial charge in [-0.05, 0) is 103 Å². The van der Waals surface area contributed by atoms with E-state index in [-0.39, 0.29) is 11.7 Å². The Kier molecular flexibility index (Phi) is 6.32. The van der Waals surface area contributed by atoms with Gasteiger partial charge in [0.1, 0.15) is 5.82 Å². The van der Waals surface area contributed by atoms with Gasteiger partial charge in [0.15, 0.2) is 11.6 Å². The number of halogens is 3. The van der Waals surface area contributed by atoms with Crippen LogP contribution in [0.3, 0.4) is 0 Å². The van der Waals surface area contributed by atoms with Gasteiger partial charge in [0, 0.05) is 0 Å². The Morgan fingerprint density at radius 1 is 0.793 bits per heavy atom. The van der Waals surface area contributed by atoms with E-state index in [1.165, 1.54) is 44.2 Å². The first kappa shape index (κ1) is 20.5. The largest absolute Gasteiger partial charge is 0.207 e. The molecule has 156 valence electrons. The van der Waals surface area contributed by atoms with Crippen molar-refractivity contribution in [1.82, 2.24) is 0 Å². The van der Waals surface area contributed by atoms with Crippen LogP contribution < -0.4 is 0 Å². The second kappa shape index (κ2) is 8.93. The molecule has 0 nitrogen and oxygen atoms in total. The summed E-state index contributed by atoms with van der Waals surface area (Å²) >= 11 is 0. The molecule has 0 heterocycles. The smallest absolute Gasteiger partial charge is 0.159 e. The maximum Gasteiger partial charge on any atom is 0.159 e. The molecule has 1 unspecified atom stereocenters. The minimum atomic E-state index is -0.810. The summed E-state index contributed by atoms with van der Waals surface area (Å²) in [4.78, 5) is 0. The molecular formula is C26H31F3. The standard InChI is InChI=1S/C26H31F3/c1-2-3-4-17-5-7-18(8-6-17)19-11-12-23(24(27)14-19)21-10-9-20-15-25(28)26(29)16-22(20)13-21/h11-12,14-18,21H,2-10,13H2,1H3. The van der Waals surface area contributed by atoms with Crippen LogP contribution in [0.4, 0.5) is 13.2 Å². The van der Waals surface area contributed by atoms with E-state index >= 15 is 4.39 Å². The van der Waals surface area contributed by atoms with E-state index in [1.54, 1.807) is 6.07 Å². The van der Waals surface area contributed by atoms with Crippen molar-refractivity contribution in [3.05, 3.63) is 70.0 Å². The number of benzene rings is 2. The molecule has 0 saturated heterocycles. The number of rotatable bonds is 5. The molecule has 1 atom stereocenters. The van der Waals surface area contributed by atoms with E-state index in [9.17, 15) is 8.78 Å². The average Bonchev–Trinajstić information content (AvgIpc) is 2.73. The highest BCUT2D eigenvalue weighted by Gasteiger charge is 2.26. The van der Waals surface area contributed by atoms with Gasteiger partial charge in [0.05, 0.1) is 0 Å². The van der Waals surface area contributed by atoms with Crippen LogP contribution in [0.15, 0.2) is 30.3 Å². The minimum absolute atomic E-state index is 0.0335. The second-order valence-electron chi connectivity index (χ2n) is 9.12. The summed E-state index contributed by atoms with van der Waals surface area (Å²) in [5.74, 6) is -0.377. The second-order valence-corrected chi connectivity index (χ2v) is 9.12. The van der Waals surface area contributed by atoms with E-state index in [0.29, 0.717) is 18.8 Å². The predicted molar refractivity (Wildman–Crippen MR) is 112 cm³/mol. The maximum atomic E-state index is 15.0. The lowest BCUT2D eigenvalue weighted by Crippen LogP contribution is -2.16. The van der Waals surface area contributed by atoms with Gasteiger partial charge in [-0.25, -0.2) is 13.2 Å². The zero-order valence-electron chi connectivity index (χ0n) is 17.3. The first-order valence-electron chi connectivity index (χ1n) is 11.3. The fourth-order valence-corrected chi connectivity index (χ4v) is 5.42. The Bertz CT molecular complexity index is 849. The van der Waals surface area contributed by atoms with E-state index in [0.717, 1.165) is 47.4 Å². The third-order valence-corrected chi connectivity index (χ3v) is 7.22. The van der Waals surface area contributed by atoms with E-state index in [4.69, 9.17) is 0 Å². The van der Waals surface area contributed by atoms with Crippen molar-refractivity contribution in [2.45, 2.75) is 83.0 Å². The molecule has 4 rings (SSSR count). The molecule has 2 aromatic rings. The average molecular weight is 401 g/mol. The number of hydrogen-bond donors (Lipinski definition) is 0. The molecule has 1 fully saturated rings.